The number of hydrogen-bond acceptors (Lipinski definition) is 4. The molecule has 0 spiro atoms. The summed E-state index contributed by atoms with van der Waals surface area (Å²) in [4.78, 5) is 16.4. The van der Waals surface area contributed by atoms with Crippen molar-refractivity contribution in [3.63, 3.8) is 0 Å². The van der Waals surface area contributed by atoms with Crippen molar-refractivity contribution in [3.8, 4) is 22.6 Å². The molecule has 1 atom stereocenters. The lowest BCUT2D eigenvalue weighted by atomic mass is 9.98. The molecular weight excluding hydrogens is 416 g/mol. The third kappa shape index (κ3) is 4.71. The summed E-state index contributed by atoms with van der Waals surface area (Å²) < 4.78 is 10.9. The summed E-state index contributed by atoms with van der Waals surface area (Å²) in [7, 11) is 3.23. The second kappa shape index (κ2) is 9.79. The molecule has 33 heavy (non-hydrogen) atoms. The number of carbonyl (C=O) groups excluding carboxylic acids is 1. The van der Waals surface area contributed by atoms with E-state index in [-0.39, 0.29) is 12.5 Å². The first kappa shape index (κ1) is 22.4. The van der Waals surface area contributed by atoms with Crippen LogP contribution in [0, 0.1) is 6.92 Å². The topological polar surface area (TPSA) is 83.6 Å². The third-order valence-electron chi connectivity index (χ3n) is 5.90. The molecule has 0 aliphatic rings. The van der Waals surface area contributed by atoms with Crippen LogP contribution in [0.2, 0.25) is 0 Å². The summed E-state index contributed by atoms with van der Waals surface area (Å²) in [6.45, 7) is 1.74. The number of aliphatic hydroxyl groups is 1. The van der Waals surface area contributed by atoms with E-state index in [1.165, 1.54) is 0 Å². The predicted molar refractivity (Wildman–Crippen MR) is 130 cm³/mol. The molecule has 1 amide bonds. The van der Waals surface area contributed by atoms with Gasteiger partial charge in [0.25, 0.3) is 5.91 Å². The highest BCUT2D eigenvalue weighted by molar-refractivity contribution is 5.97. The largest absolute Gasteiger partial charge is 0.497 e. The van der Waals surface area contributed by atoms with Crippen molar-refractivity contribution < 1.29 is 19.4 Å². The maximum Gasteiger partial charge on any atom is 0.251 e. The molecule has 0 fully saturated rings. The Balaban J connectivity index is 1.59. The number of aromatic amines is 1. The van der Waals surface area contributed by atoms with Crippen LogP contribution in [0.5, 0.6) is 11.5 Å². The summed E-state index contributed by atoms with van der Waals surface area (Å²) in [5.41, 5.74) is 5.17. The van der Waals surface area contributed by atoms with Crippen LogP contribution in [0.25, 0.3) is 22.0 Å². The monoisotopic (exact) mass is 444 g/mol. The lowest BCUT2D eigenvalue weighted by Gasteiger charge is -2.18. The zero-order valence-corrected chi connectivity index (χ0v) is 19.0. The molecule has 1 heterocycles. The standard InChI is InChI=1S/C27H28N2O4/c1-17-8-9-18(24-14-21(32-2)10-11-26(24)33-3)13-23(17)27(31)29-20(16-30)12-19-15-28-25-7-5-4-6-22(19)25/h4-11,13-15,20,28,30H,12,16H2,1-3H3,(H,29,31)/t20-/m1/s1. The number of H-pyrrole nitrogens is 1. The first-order valence-electron chi connectivity index (χ1n) is 10.8. The lowest BCUT2D eigenvalue weighted by Crippen LogP contribution is -2.39. The zero-order chi connectivity index (χ0) is 23.4. The molecule has 6 heteroatoms. The Kier molecular flexibility index (Phi) is 6.66. The molecule has 0 unspecified atom stereocenters. The highest BCUT2D eigenvalue weighted by atomic mass is 16.5. The molecule has 1 aromatic heterocycles. The first-order valence-corrected chi connectivity index (χ1v) is 10.8. The van der Waals surface area contributed by atoms with E-state index in [0.29, 0.717) is 23.5 Å². The van der Waals surface area contributed by atoms with Crippen LogP contribution >= 0.6 is 0 Å². The number of aromatic nitrogens is 1. The highest BCUT2D eigenvalue weighted by Gasteiger charge is 2.18. The fraction of sp³-hybridized carbons (Fsp3) is 0.222. The average molecular weight is 445 g/mol. The van der Waals surface area contributed by atoms with Crippen molar-refractivity contribution in [3.05, 3.63) is 83.6 Å². The number of aliphatic hydroxyl groups excluding tert-OH is 1. The van der Waals surface area contributed by atoms with E-state index in [1.54, 1.807) is 14.2 Å². The van der Waals surface area contributed by atoms with Gasteiger partial charge < -0.3 is 24.9 Å². The number of hydrogen-bond donors (Lipinski definition) is 3. The quantitative estimate of drug-likeness (QED) is 0.374. The molecule has 0 saturated heterocycles. The van der Waals surface area contributed by atoms with Crippen LogP contribution in [0.4, 0.5) is 0 Å². The Bertz CT molecular complexity index is 1280. The van der Waals surface area contributed by atoms with Gasteiger partial charge in [0.15, 0.2) is 0 Å². The predicted octanol–water partition coefficient (Wildman–Crippen LogP) is 4.49. The minimum absolute atomic E-state index is 0.159. The number of aryl methyl sites for hydroxylation is 1. The fourth-order valence-corrected chi connectivity index (χ4v) is 4.06. The average Bonchev–Trinajstić information content (AvgIpc) is 3.26. The smallest absolute Gasteiger partial charge is 0.251 e. The Morgan fingerprint density at radius 1 is 1.06 bits per heavy atom. The van der Waals surface area contributed by atoms with Gasteiger partial charge in [-0.3, -0.25) is 4.79 Å². The van der Waals surface area contributed by atoms with Gasteiger partial charge in [-0.2, -0.15) is 0 Å². The Labute approximate surface area is 193 Å². The van der Waals surface area contributed by atoms with Gasteiger partial charge in [-0.1, -0.05) is 30.3 Å². The number of carbonyl (C=O) groups is 1. The van der Waals surface area contributed by atoms with Gasteiger partial charge in [0.1, 0.15) is 11.5 Å². The number of ether oxygens (including phenoxy) is 2. The van der Waals surface area contributed by atoms with E-state index in [2.05, 4.69) is 10.3 Å². The summed E-state index contributed by atoms with van der Waals surface area (Å²) in [6.07, 6.45) is 2.45. The summed E-state index contributed by atoms with van der Waals surface area (Å²) in [6, 6.07) is 18.9. The molecule has 4 rings (SSSR count). The van der Waals surface area contributed by atoms with E-state index in [4.69, 9.17) is 9.47 Å². The summed E-state index contributed by atoms with van der Waals surface area (Å²) in [5, 5.41) is 14.1. The van der Waals surface area contributed by atoms with Crippen molar-refractivity contribution in [2.45, 2.75) is 19.4 Å². The van der Waals surface area contributed by atoms with E-state index < -0.39 is 6.04 Å². The molecule has 0 aliphatic heterocycles. The Morgan fingerprint density at radius 3 is 2.64 bits per heavy atom. The van der Waals surface area contributed by atoms with Gasteiger partial charge in [0, 0.05) is 28.2 Å². The maximum absolute atomic E-state index is 13.2. The normalized spacial score (nSPS) is 11.9. The van der Waals surface area contributed by atoms with Crippen molar-refractivity contribution in [1.82, 2.24) is 10.3 Å². The van der Waals surface area contributed by atoms with Gasteiger partial charge in [-0.25, -0.2) is 0 Å². The number of rotatable bonds is 8. The molecule has 170 valence electrons. The fourth-order valence-electron chi connectivity index (χ4n) is 4.06. The van der Waals surface area contributed by atoms with E-state index in [9.17, 15) is 9.90 Å². The maximum atomic E-state index is 13.2. The van der Waals surface area contributed by atoms with Crippen LogP contribution in [0.1, 0.15) is 21.5 Å². The number of fused-ring (bicyclic) bond motifs is 1. The molecule has 0 bridgehead atoms. The molecule has 0 radical (unpaired) electrons. The number of nitrogens with one attached hydrogen (secondary N) is 2. The van der Waals surface area contributed by atoms with Crippen molar-refractivity contribution in [2.24, 2.45) is 0 Å². The van der Waals surface area contributed by atoms with Crippen LogP contribution in [-0.2, 0) is 6.42 Å². The number of amides is 1. The van der Waals surface area contributed by atoms with Crippen LogP contribution in [0.3, 0.4) is 0 Å². The van der Waals surface area contributed by atoms with Gasteiger partial charge in [-0.15, -0.1) is 0 Å². The summed E-state index contributed by atoms with van der Waals surface area (Å²) in [5.74, 6) is 1.17. The molecule has 0 aliphatic carbocycles. The molecule has 4 aromatic rings. The van der Waals surface area contributed by atoms with E-state index in [1.807, 2.05) is 73.8 Å². The van der Waals surface area contributed by atoms with E-state index in [0.717, 1.165) is 33.2 Å². The van der Waals surface area contributed by atoms with Crippen molar-refractivity contribution in [1.29, 1.82) is 0 Å². The van der Waals surface area contributed by atoms with Gasteiger partial charge in [0.2, 0.25) is 0 Å². The van der Waals surface area contributed by atoms with Gasteiger partial charge in [-0.05, 0) is 60.4 Å². The highest BCUT2D eigenvalue weighted by Crippen LogP contribution is 2.34. The minimum Gasteiger partial charge on any atom is -0.497 e. The number of benzene rings is 3. The minimum atomic E-state index is -0.411. The number of methoxy groups -OCH3 is 2. The Hall–Kier alpha value is -3.77. The summed E-state index contributed by atoms with van der Waals surface area (Å²) >= 11 is 0. The van der Waals surface area contributed by atoms with E-state index >= 15 is 0 Å². The van der Waals surface area contributed by atoms with Crippen molar-refractivity contribution in [2.75, 3.05) is 20.8 Å². The van der Waals surface area contributed by atoms with Crippen LogP contribution in [0.15, 0.2) is 66.9 Å². The SMILES string of the molecule is COc1ccc(OC)c(-c2ccc(C)c(C(=O)N[C@@H](CO)Cc3c[nH]c4ccccc34)c2)c1. The number of para-hydroxylation sites is 1. The second-order valence-electron chi connectivity index (χ2n) is 8.01. The molecule has 6 nitrogen and oxygen atoms in total. The van der Waals surface area contributed by atoms with Crippen LogP contribution < -0.4 is 14.8 Å². The molecule has 0 saturated carbocycles. The first-order chi connectivity index (χ1) is 16.0. The molecule has 3 N–H and O–H groups in total. The third-order valence-corrected chi connectivity index (χ3v) is 5.90. The Morgan fingerprint density at radius 2 is 1.88 bits per heavy atom. The lowest BCUT2D eigenvalue weighted by molar-refractivity contribution is 0.0916. The van der Waals surface area contributed by atoms with Gasteiger partial charge in [0.05, 0.1) is 26.9 Å². The molecule has 3 aromatic carbocycles. The zero-order valence-electron chi connectivity index (χ0n) is 19.0. The second-order valence-corrected chi connectivity index (χ2v) is 8.01. The van der Waals surface area contributed by atoms with Gasteiger partial charge >= 0.3 is 0 Å². The van der Waals surface area contributed by atoms with Crippen molar-refractivity contribution >= 4 is 16.8 Å². The van der Waals surface area contributed by atoms with Crippen LogP contribution in [-0.4, -0.2) is 42.9 Å². The molecular formula is C27H28N2O4.